The zero-order valence-electron chi connectivity index (χ0n) is 11.3. The SMILES string of the molecule is CN1CCN(C(=O)C2(C(N)=NO)CC2)CC1(C)C. The highest BCUT2D eigenvalue weighted by Gasteiger charge is 2.56. The van der Waals surface area contributed by atoms with E-state index in [1.807, 2.05) is 4.90 Å². The van der Waals surface area contributed by atoms with Crippen LogP contribution in [0.15, 0.2) is 5.16 Å². The van der Waals surface area contributed by atoms with Gasteiger partial charge in [0, 0.05) is 25.2 Å². The highest BCUT2D eigenvalue weighted by molar-refractivity contribution is 6.09. The highest BCUT2D eigenvalue weighted by Crippen LogP contribution is 2.47. The van der Waals surface area contributed by atoms with E-state index >= 15 is 0 Å². The monoisotopic (exact) mass is 254 g/mol. The summed E-state index contributed by atoms with van der Waals surface area (Å²) in [6.07, 6.45) is 1.38. The molecule has 6 nitrogen and oxygen atoms in total. The number of amidine groups is 1. The lowest BCUT2D eigenvalue weighted by molar-refractivity contribution is -0.139. The summed E-state index contributed by atoms with van der Waals surface area (Å²) in [7, 11) is 2.07. The van der Waals surface area contributed by atoms with Crippen LogP contribution in [0.1, 0.15) is 26.7 Å². The minimum absolute atomic E-state index is 0.0129. The van der Waals surface area contributed by atoms with Crippen molar-refractivity contribution in [2.45, 2.75) is 32.2 Å². The summed E-state index contributed by atoms with van der Waals surface area (Å²) < 4.78 is 0. The van der Waals surface area contributed by atoms with Gasteiger partial charge in [0.1, 0.15) is 5.41 Å². The zero-order valence-corrected chi connectivity index (χ0v) is 11.3. The summed E-state index contributed by atoms with van der Waals surface area (Å²) in [6, 6.07) is 0. The molecule has 0 spiro atoms. The Kier molecular flexibility index (Phi) is 3.01. The van der Waals surface area contributed by atoms with E-state index in [0.717, 1.165) is 6.54 Å². The van der Waals surface area contributed by atoms with Crippen molar-refractivity contribution < 1.29 is 10.0 Å². The molecule has 1 aliphatic heterocycles. The van der Waals surface area contributed by atoms with Crippen molar-refractivity contribution in [3.05, 3.63) is 0 Å². The van der Waals surface area contributed by atoms with Gasteiger partial charge in [0.15, 0.2) is 5.84 Å². The molecule has 2 fully saturated rings. The van der Waals surface area contributed by atoms with Crippen LogP contribution in [0.2, 0.25) is 0 Å². The molecule has 0 aromatic carbocycles. The molecule has 102 valence electrons. The van der Waals surface area contributed by atoms with Gasteiger partial charge in [-0.15, -0.1) is 0 Å². The van der Waals surface area contributed by atoms with Gasteiger partial charge in [-0.3, -0.25) is 9.69 Å². The van der Waals surface area contributed by atoms with E-state index in [-0.39, 0.29) is 17.3 Å². The van der Waals surface area contributed by atoms with Crippen LogP contribution in [0.25, 0.3) is 0 Å². The maximum Gasteiger partial charge on any atom is 0.236 e. The first-order valence-electron chi connectivity index (χ1n) is 6.32. The Morgan fingerprint density at radius 1 is 1.33 bits per heavy atom. The predicted octanol–water partition coefficient (Wildman–Crippen LogP) is 0.0656. The van der Waals surface area contributed by atoms with Crippen LogP contribution in [0.4, 0.5) is 0 Å². The molecule has 1 amide bonds. The number of nitrogens with two attached hydrogens (primary N) is 1. The molecule has 2 aliphatic rings. The van der Waals surface area contributed by atoms with E-state index < -0.39 is 5.41 Å². The topological polar surface area (TPSA) is 82.2 Å². The van der Waals surface area contributed by atoms with E-state index in [1.165, 1.54) is 0 Å². The molecule has 0 bridgehead atoms. The van der Waals surface area contributed by atoms with E-state index in [9.17, 15) is 4.79 Å². The Labute approximate surface area is 107 Å². The lowest BCUT2D eigenvalue weighted by Crippen LogP contribution is -2.60. The van der Waals surface area contributed by atoms with E-state index in [0.29, 0.717) is 25.9 Å². The fourth-order valence-corrected chi connectivity index (χ4v) is 2.52. The second kappa shape index (κ2) is 4.12. The van der Waals surface area contributed by atoms with Gasteiger partial charge in [-0.05, 0) is 33.7 Å². The fourth-order valence-electron chi connectivity index (χ4n) is 2.52. The Morgan fingerprint density at radius 2 is 1.94 bits per heavy atom. The average molecular weight is 254 g/mol. The van der Waals surface area contributed by atoms with E-state index in [4.69, 9.17) is 10.9 Å². The number of hydrogen-bond acceptors (Lipinski definition) is 4. The van der Waals surface area contributed by atoms with Crippen molar-refractivity contribution in [2.75, 3.05) is 26.7 Å². The molecule has 0 aromatic heterocycles. The van der Waals surface area contributed by atoms with Gasteiger partial charge in [-0.1, -0.05) is 5.16 Å². The summed E-state index contributed by atoms with van der Waals surface area (Å²) >= 11 is 0. The Balaban J connectivity index is 2.12. The summed E-state index contributed by atoms with van der Waals surface area (Å²) in [4.78, 5) is 16.6. The minimum Gasteiger partial charge on any atom is -0.409 e. The third kappa shape index (κ3) is 1.94. The van der Waals surface area contributed by atoms with Gasteiger partial charge in [0.2, 0.25) is 5.91 Å². The van der Waals surface area contributed by atoms with Crippen molar-refractivity contribution in [2.24, 2.45) is 16.3 Å². The quantitative estimate of drug-likeness (QED) is 0.316. The van der Waals surface area contributed by atoms with Gasteiger partial charge in [-0.25, -0.2) is 0 Å². The standard InChI is InChI=1S/C12H22N4O2/c1-11(2)8-16(7-6-15(11)3)10(17)12(4-5-12)9(13)14-18/h18H,4-8H2,1-3H3,(H2,13,14). The molecule has 0 aromatic rings. The first-order valence-corrected chi connectivity index (χ1v) is 6.32. The van der Waals surface area contributed by atoms with Crippen LogP contribution in [0.5, 0.6) is 0 Å². The molecular weight excluding hydrogens is 232 g/mol. The van der Waals surface area contributed by atoms with E-state index in [2.05, 4.69) is 31.0 Å². The molecule has 0 atom stereocenters. The summed E-state index contributed by atoms with van der Waals surface area (Å²) in [6.45, 7) is 6.48. The molecular formula is C12H22N4O2. The molecule has 0 unspecified atom stereocenters. The zero-order chi connectivity index (χ0) is 13.6. The fraction of sp³-hybridized carbons (Fsp3) is 0.833. The van der Waals surface area contributed by atoms with Crippen molar-refractivity contribution in [3.63, 3.8) is 0 Å². The summed E-state index contributed by atoms with van der Waals surface area (Å²) in [5.41, 5.74) is 4.90. The number of hydrogen-bond donors (Lipinski definition) is 2. The lowest BCUT2D eigenvalue weighted by atomic mass is 9.96. The Morgan fingerprint density at radius 3 is 2.39 bits per heavy atom. The average Bonchev–Trinajstić information content (AvgIpc) is 3.12. The van der Waals surface area contributed by atoms with Crippen molar-refractivity contribution >= 4 is 11.7 Å². The number of piperazine rings is 1. The molecule has 6 heteroatoms. The third-order valence-corrected chi connectivity index (χ3v) is 4.36. The van der Waals surface area contributed by atoms with Crippen LogP contribution in [0.3, 0.4) is 0 Å². The predicted molar refractivity (Wildman–Crippen MR) is 68.4 cm³/mol. The van der Waals surface area contributed by atoms with Crippen LogP contribution in [-0.4, -0.2) is 59.0 Å². The number of likely N-dealkylation sites (N-methyl/N-ethyl adjacent to an activating group) is 1. The second-order valence-electron chi connectivity index (χ2n) is 6.03. The first kappa shape index (κ1) is 13.1. The molecule has 1 aliphatic carbocycles. The lowest BCUT2D eigenvalue weighted by Gasteiger charge is -2.46. The largest absolute Gasteiger partial charge is 0.409 e. The van der Waals surface area contributed by atoms with E-state index in [1.54, 1.807) is 0 Å². The second-order valence-corrected chi connectivity index (χ2v) is 6.03. The molecule has 1 saturated heterocycles. The van der Waals surface area contributed by atoms with Crippen molar-refractivity contribution in [1.82, 2.24) is 9.80 Å². The summed E-state index contributed by atoms with van der Waals surface area (Å²) in [5.74, 6) is 0.0724. The van der Waals surface area contributed by atoms with Gasteiger partial charge in [0.05, 0.1) is 0 Å². The molecule has 3 N–H and O–H groups in total. The Bertz CT molecular complexity index is 388. The number of carbonyl (C=O) groups excluding carboxylic acids is 1. The normalized spacial score (nSPS) is 27.1. The maximum atomic E-state index is 12.5. The van der Waals surface area contributed by atoms with Crippen LogP contribution in [0, 0.1) is 5.41 Å². The van der Waals surface area contributed by atoms with Gasteiger partial charge < -0.3 is 15.8 Å². The van der Waals surface area contributed by atoms with Gasteiger partial charge in [-0.2, -0.15) is 0 Å². The van der Waals surface area contributed by atoms with Crippen LogP contribution < -0.4 is 5.73 Å². The van der Waals surface area contributed by atoms with Crippen LogP contribution >= 0.6 is 0 Å². The summed E-state index contributed by atoms with van der Waals surface area (Å²) in [5, 5.41) is 11.8. The third-order valence-electron chi connectivity index (χ3n) is 4.36. The van der Waals surface area contributed by atoms with Gasteiger partial charge >= 0.3 is 0 Å². The number of carbonyl (C=O) groups is 1. The maximum absolute atomic E-state index is 12.5. The number of rotatable bonds is 2. The molecule has 2 rings (SSSR count). The molecule has 0 radical (unpaired) electrons. The molecule has 1 heterocycles. The number of oxime groups is 1. The van der Waals surface area contributed by atoms with Crippen molar-refractivity contribution in [3.8, 4) is 0 Å². The van der Waals surface area contributed by atoms with Crippen molar-refractivity contribution in [1.29, 1.82) is 0 Å². The number of amides is 1. The smallest absolute Gasteiger partial charge is 0.236 e. The molecule has 18 heavy (non-hydrogen) atoms. The number of nitrogens with zero attached hydrogens (tertiary/aromatic N) is 3. The molecule has 1 saturated carbocycles. The first-order chi connectivity index (χ1) is 8.33. The highest BCUT2D eigenvalue weighted by atomic mass is 16.4. The Hall–Kier alpha value is -1.30. The van der Waals surface area contributed by atoms with Crippen LogP contribution in [-0.2, 0) is 4.79 Å². The minimum atomic E-state index is -0.721. The van der Waals surface area contributed by atoms with Gasteiger partial charge in [0.25, 0.3) is 0 Å².